The monoisotopic (exact) mass is 238 g/mol. The van der Waals surface area contributed by atoms with Crippen LogP contribution in [0.15, 0.2) is 12.1 Å². The van der Waals surface area contributed by atoms with E-state index < -0.39 is 5.54 Å². The van der Waals surface area contributed by atoms with Gasteiger partial charge in [0.15, 0.2) is 0 Å². The van der Waals surface area contributed by atoms with Crippen molar-refractivity contribution < 1.29 is 9.18 Å². The van der Waals surface area contributed by atoms with Gasteiger partial charge in [-0.2, -0.15) is 0 Å². The molecule has 0 atom stereocenters. The molecule has 0 aliphatic rings. The highest BCUT2D eigenvalue weighted by Gasteiger charge is 2.21. The zero-order valence-corrected chi connectivity index (χ0v) is 10.7. The highest BCUT2D eigenvalue weighted by molar-refractivity contribution is 5.84. The Labute approximate surface area is 101 Å². The Bertz CT molecular complexity index is 413. The Hall–Kier alpha value is -1.42. The lowest BCUT2D eigenvalue weighted by atomic mass is 10.0. The zero-order chi connectivity index (χ0) is 13.2. The molecule has 0 radical (unpaired) electrons. The van der Waals surface area contributed by atoms with Crippen LogP contribution in [0.4, 0.5) is 4.39 Å². The Balaban J connectivity index is 2.74. The summed E-state index contributed by atoms with van der Waals surface area (Å²) in [6.07, 6.45) is 0. The fourth-order valence-electron chi connectivity index (χ4n) is 1.55. The summed E-state index contributed by atoms with van der Waals surface area (Å²) in [6, 6.07) is 3.46. The second-order valence-electron chi connectivity index (χ2n) is 4.95. The minimum atomic E-state index is -0.899. The summed E-state index contributed by atoms with van der Waals surface area (Å²) in [5.74, 6) is -0.420. The Morgan fingerprint density at radius 1 is 1.35 bits per heavy atom. The molecule has 0 aliphatic carbocycles. The largest absolute Gasteiger partial charge is 0.350 e. The van der Waals surface area contributed by atoms with Gasteiger partial charge in [-0.1, -0.05) is 12.1 Å². The van der Waals surface area contributed by atoms with Gasteiger partial charge in [0, 0.05) is 6.54 Å². The molecule has 1 amide bonds. The molecule has 3 nitrogen and oxygen atoms in total. The lowest BCUT2D eigenvalue weighted by Gasteiger charge is -2.18. The third-order valence-electron chi connectivity index (χ3n) is 2.53. The van der Waals surface area contributed by atoms with Crippen molar-refractivity contribution in [2.45, 2.75) is 39.8 Å². The molecular formula is C13H19FN2O. The lowest BCUT2D eigenvalue weighted by molar-refractivity contribution is -0.125. The molecule has 17 heavy (non-hydrogen) atoms. The first-order valence-electron chi connectivity index (χ1n) is 5.54. The zero-order valence-electron chi connectivity index (χ0n) is 10.7. The van der Waals surface area contributed by atoms with Crippen molar-refractivity contribution in [1.29, 1.82) is 0 Å². The minimum absolute atomic E-state index is 0.195. The molecule has 0 spiro atoms. The molecule has 0 aliphatic heterocycles. The quantitative estimate of drug-likeness (QED) is 0.843. The van der Waals surface area contributed by atoms with Gasteiger partial charge in [-0.3, -0.25) is 4.79 Å². The molecule has 0 saturated heterocycles. The fourth-order valence-corrected chi connectivity index (χ4v) is 1.55. The van der Waals surface area contributed by atoms with Gasteiger partial charge in [0.05, 0.1) is 5.54 Å². The van der Waals surface area contributed by atoms with E-state index in [1.807, 2.05) is 0 Å². The molecule has 4 heteroatoms. The average molecular weight is 238 g/mol. The first-order valence-corrected chi connectivity index (χ1v) is 5.54. The van der Waals surface area contributed by atoms with Crippen LogP contribution in [0.2, 0.25) is 0 Å². The van der Waals surface area contributed by atoms with Gasteiger partial charge in [-0.05, 0) is 44.4 Å². The van der Waals surface area contributed by atoms with Crippen molar-refractivity contribution in [3.63, 3.8) is 0 Å². The summed E-state index contributed by atoms with van der Waals surface area (Å²) in [6.45, 7) is 7.06. The number of aryl methyl sites for hydroxylation is 2. The Morgan fingerprint density at radius 2 is 1.82 bits per heavy atom. The molecule has 0 fully saturated rings. The van der Waals surface area contributed by atoms with Crippen molar-refractivity contribution >= 4 is 5.91 Å². The summed E-state index contributed by atoms with van der Waals surface area (Å²) in [5, 5.41) is 2.73. The van der Waals surface area contributed by atoms with Crippen LogP contribution in [-0.4, -0.2) is 11.4 Å². The second-order valence-corrected chi connectivity index (χ2v) is 4.95. The molecule has 1 aromatic carbocycles. The maximum Gasteiger partial charge on any atom is 0.239 e. The topological polar surface area (TPSA) is 55.1 Å². The molecule has 0 aromatic heterocycles. The van der Waals surface area contributed by atoms with Crippen molar-refractivity contribution in [2.24, 2.45) is 5.73 Å². The smallest absolute Gasteiger partial charge is 0.239 e. The van der Waals surface area contributed by atoms with E-state index in [1.54, 1.807) is 39.8 Å². The van der Waals surface area contributed by atoms with Crippen LogP contribution in [0.25, 0.3) is 0 Å². The molecule has 0 saturated carbocycles. The van der Waals surface area contributed by atoms with Gasteiger partial charge in [-0.25, -0.2) is 4.39 Å². The van der Waals surface area contributed by atoms with Crippen LogP contribution in [0, 0.1) is 19.7 Å². The summed E-state index contributed by atoms with van der Waals surface area (Å²) in [5.41, 5.74) is 6.80. The highest BCUT2D eigenvalue weighted by atomic mass is 19.1. The Kier molecular flexibility index (Phi) is 3.88. The van der Waals surface area contributed by atoms with E-state index >= 15 is 0 Å². The summed E-state index contributed by atoms with van der Waals surface area (Å²) < 4.78 is 13.4. The number of rotatable bonds is 3. The number of amides is 1. The predicted octanol–water partition coefficient (Wildman–Crippen LogP) is 1.80. The third-order valence-corrected chi connectivity index (χ3v) is 2.53. The Morgan fingerprint density at radius 3 is 2.24 bits per heavy atom. The SMILES string of the molecule is Cc1cc(CNC(=O)C(C)(C)N)cc(C)c1F. The van der Waals surface area contributed by atoms with E-state index in [0.717, 1.165) is 5.56 Å². The van der Waals surface area contributed by atoms with Crippen LogP contribution in [0.1, 0.15) is 30.5 Å². The van der Waals surface area contributed by atoms with Crippen LogP contribution in [-0.2, 0) is 11.3 Å². The second kappa shape index (κ2) is 4.84. The molecule has 0 unspecified atom stereocenters. The first-order chi connectivity index (χ1) is 7.71. The van der Waals surface area contributed by atoms with E-state index in [0.29, 0.717) is 17.7 Å². The number of nitrogens with two attached hydrogens (primary N) is 1. The fraction of sp³-hybridized carbons (Fsp3) is 0.462. The average Bonchev–Trinajstić information content (AvgIpc) is 2.20. The maximum atomic E-state index is 13.4. The number of nitrogens with one attached hydrogen (secondary N) is 1. The normalized spacial score (nSPS) is 11.4. The van der Waals surface area contributed by atoms with Crippen molar-refractivity contribution in [3.05, 3.63) is 34.6 Å². The van der Waals surface area contributed by atoms with Crippen LogP contribution < -0.4 is 11.1 Å². The van der Waals surface area contributed by atoms with Crippen molar-refractivity contribution in [2.75, 3.05) is 0 Å². The van der Waals surface area contributed by atoms with E-state index in [2.05, 4.69) is 5.32 Å². The van der Waals surface area contributed by atoms with Crippen LogP contribution in [0.5, 0.6) is 0 Å². The van der Waals surface area contributed by atoms with Crippen molar-refractivity contribution in [3.8, 4) is 0 Å². The number of halogens is 1. The number of carbonyl (C=O) groups is 1. The molecule has 0 bridgehead atoms. The lowest BCUT2D eigenvalue weighted by Crippen LogP contribution is -2.48. The van der Waals surface area contributed by atoms with E-state index in [9.17, 15) is 9.18 Å². The molecule has 1 aromatic rings. The molecular weight excluding hydrogens is 219 g/mol. The molecule has 0 heterocycles. The number of benzene rings is 1. The van der Waals surface area contributed by atoms with Gasteiger partial charge < -0.3 is 11.1 Å². The maximum absolute atomic E-state index is 13.4. The van der Waals surface area contributed by atoms with Gasteiger partial charge in [-0.15, -0.1) is 0 Å². The van der Waals surface area contributed by atoms with Crippen LogP contribution >= 0.6 is 0 Å². The van der Waals surface area contributed by atoms with E-state index in [1.165, 1.54) is 0 Å². The van der Waals surface area contributed by atoms with Gasteiger partial charge in [0.1, 0.15) is 5.82 Å². The summed E-state index contributed by atoms with van der Waals surface area (Å²) >= 11 is 0. The van der Waals surface area contributed by atoms with Crippen LogP contribution in [0.3, 0.4) is 0 Å². The highest BCUT2D eigenvalue weighted by Crippen LogP contribution is 2.14. The molecule has 1 rings (SSSR count). The molecule has 3 N–H and O–H groups in total. The van der Waals surface area contributed by atoms with Crippen molar-refractivity contribution in [1.82, 2.24) is 5.32 Å². The number of hydrogen-bond donors (Lipinski definition) is 2. The predicted molar refractivity (Wildman–Crippen MR) is 66.0 cm³/mol. The van der Waals surface area contributed by atoms with Gasteiger partial charge in [0.2, 0.25) is 5.91 Å². The third kappa shape index (κ3) is 3.53. The molecule has 94 valence electrons. The number of carbonyl (C=O) groups excluding carboxylic acids is 1. The van der Waals surface area contributed by atoms with Gasteiger partial charge >= 0.3 is 0 Å². The summed E-state index contributed by atoms with van der Waals surface area (Å²) in [7, 11) is 0. The van der Waals surface area contributed by atoms with Gasteiger partial charge in [0.25, 0.3) is 0 Å². The first kappa shape index (κ1) is 13.6. The number of hydrogen-bond acceptors (Lipinski definition) is 2. The minimum Gasteiger partial charge on any atom is -0.350 e. The summed E-state index contributed by atoms with van der Waals surface area (Å²) in [4.78, 5) is 11.6. The standard InChI is InChI=1S/C13H19FN2O/c1-8-5-10(6-9(2)11(8)14)7-16-12(17)13(3,4)15/h5-6H,7,15H2,1-4H3,(H,16,17). The van der Waals surface area contributed by atoms with E-state index in [4.69, 9.17) is 5.73 Å². The van der Waals surface area contributed by atoms with E-state index in [-0.39, 0.29) is 11.7 Å².